The Balaban J connectivity index is 3.01. The molecule has 0 fully saturated rings. The maximum Gasteiger partial charge on any atom is 0.406 e. The molecular weight excluding hydrogens is 202 g/mol. The first-order chi connectivity index (χ1) is 7.06. The van der Waals surface area contributed by atoms with Crippen LogP contribution in [0.3, 0.4) is 0 Å². The summed E-state index contributed by atoms with van der Waals surface area (Å²) in [6.45, 7) is 1.86. The zero-order valence-corrected chi connectivity index (χ0v) is 8.01. The second-order valence-electron chi connectivity index (χ2n) is 2.67. The molecule has 0 aliphatic heterocycles. The summed E-state index contributed by atoms with van der Waals surface area (Å²) in [5.74, 6) is -1.90. The molecule has 1 aromatic heterocycles. The van der Waals surface area contributed by atoms with Gasteiger partial charge in [0.15, 0.2) is 0 Å². The van der Waals surface area contributed by atoms with E-state index in [1.807, 2.05) is 0 Å². The Hall–Kier alpha value is -2.11. The molecule has 1 aromatic rings. The molecule has 80 valence electrons. The molecule has 0 aliphatic rings. The van der Waals surface area contributed by atoms with Crippen molar-refractivity contribution in [1.82, 2.24) is 0 Å². The largest absolute Gasteiger partial charge is 0.473 e. The van der Waals surface area contributed by atoms with E-state index in [2.05, 4.69) is 4.74 Å². The van der Waals surface area contributed by atoms with E-state index in [-0.39, 0.29) is 17.9 Å². The van der Waals surface area contributed by atoms with Crippen LogP contribution < -0.4 is 4.73 Å². The SMILES string of the molecule is CCOC(=O)c1ccc(C(=O)O)[n+](O)c1. The van der Waals surface area contributed by atoms with Crippen molar-refractivity contribution >= 4 is 11.9 Å². The Bertz CT molecular complexity index is 401. The van der Waals surface area contributed by atoms with Gasteiger partial charge in [-0.05, 0) is 13.0 Å². The number of carbonyl (C=O) groups is 2. The zero-order chi connectivity index (χ0) is 11.4. The van der Waals surface area contributed by atoms with Crippen molar-refractivity contribution in [1.29, 1.82) is 0 Å². The fraction of sp³-hybridized carbons (Fsp3) is 0.222. The van der Waals surface area contributed by atoms with Gasteiger partial charge in [0.1, 0.15) is 5.56 Å². The van der Waals surface area contributed by atoms with Crippen molar-refractivity contribution in [2.75, 3.05) is 6.61 Å². The van der Waals surface area contributed by atoms with Gasteiger partial charge in [-0.1, -0.05) is 0 Å². The summed E-state index contributed by atoms with van der Waals surface area (Å²) in [6.07, 6.45) is 0.988. The van der Waals surface area contributed by atoms with Crippen LogP contribution in [0.25, 0.3) is 0 Å². The Labute approximate surface area is 85.3 Å². The average molecular weight is 212 g/mol. The number of aromatic nitrogens is 1. The number of carbonyl (C=O) groups excluding carboxylic acids is 1. The molecule has 2 N–H and O–H groups in total. The van der Waals surface area contributed by atoms with Crippen LogP contribution in [0.2, 0.25) is 0 Å². The number of esters is 1. The van der Waals surface area contributed by atoms with Gasteiger partial charge in [-0.15, -0.1) is 0 Å². The van der Waals surface area contributed by atoms with Crippen molar-refractivity contribution in [3.63, 3.8) is 0 Å². The summed E-state index contributed by atoms with van der Waals surface area (Å²) in [4.78, 5) is 21.7. The van der Waals surface area contributed by atoms with Gasteiger partial charge in [0.25, 0.3) is 0 Å². The Morgan fingerprint density at radius 1 is 1.47 bits per heavy atom. The molecule has 0 bridgehead atoms. The third-order valence-electron chi connectivity index (χ3n) is 1.66. The van der Waals surface area contributed by atoms with Gasteiger partial charge in [0.05, 0.1) is 6.61 Å². The number of hydrogen-bond donors (Lipinski definition) is 2. The molecule has 6 heteroatoms. The maximum atomic E-state index is 11.2. The lowest BCUT2D eigenvalue weighted by Crippen LogP contribution is -2.38. The highest BCUT2D eigenvalue weighted by Gasteiger charge is 2.21. The highest BCUT2D eigenvalue weighted by atomic mass is 16.5. The molecular formula is C9H10NO5+. The standard InChI is InChI=1S/C9H9NO5/c1-2-15-9(13)6-3-4-7(8(11)12)10(14)5-6/h3-5H,2H2,1H3,(H-,11,12,14)/p+1. The van der Waals surface area contributed by atoms with Crippen LogP contribution in [0.5, 0.6) is 0 Å². The van der Waals surface area contributed by atoms with Crippen LogP contribution in [0.15, 0.2) is 18.3 Å². The lowest BCUT2D eigenvalue weighted by molar-refractivity contribution is -0.906. The first-order valence-corrected chi connectivity index (χ1v) is 4.21. The van der Waals surface area contributed by atoms with Crippen molar-refractivity contribution in [2.45, 2.75) is 6.92 Å². The third kappa shape index (κ3) is 2.43. The molecule has 0 spiro atoms. The van der Waals surface area contributed by atoms with Crippen molar-refractivity contribution in [2.24, 2.45) is 0 Å². The molecule has 0 atom stereocenters. The number of carboxylic acids is 1. The van der Waals surface area contributed by atoms with Crippen LogP contribution in [0, 0.1) is 0 Å². The molecule has 1 rings (SSSR count). The number of hydrogen-bond acceptors (Lipinski definition) is 4. The first kappa shape index (κ1) is 11.0. The molecule has 1 heterocycles. The summed E-state index contributed by atoms with van der Waals surface area (Å²) in [5.41, 5.74) is -0.243. The van der Waals surface area contributed by atoms with Crippen molar-refractivity contribution in [3.05, 3.63) is 29.6 Å². The average Bonchev–Trinajstić information content (AvgIpc) is 2.17. The van der Waals surface area contributed by atoms with E-state index < -0.39 is 11.9 Å². The van der Waals surface area contributed by atoms with E-state index >= 15 is 0 Å². The van der Waals surface area contributed by atoms with E-state index in [0.29, 0.717) is 4.73 Å². The van der Waals surface area contributed by atoms with Gasteiger partial charge in [0, 0.05) is 10.8 Å². The molecule has 0 radical (unpaired) electrons. The van der Waals surface area contributed by atoms with Crippen LogP contribution in [-0.2, 0) is 4.74 Å². The van der Waals surface area contributed by atoms with Crippen LogP contribution >= 0.6 is 0 Å². The van der Waals surface area contributed by atoms with E-state index in [9.17, 15) is 14.8 Å². The predicted octanol–water partition coefficient (Wildman–Crippen LogP) is 0.0863. The van der Waals surface area contributed by atoms with E-state index in [0.717, 1.165) is 12.3 Å². The number of rotatable bonds is 3. The summed E-state index contributed by atoms with van der Waals surface area (Å²) in [5, 5.41) is 17.8. The topological polar surface area (TPSA) is 87.7 Å². The number of aromatic carboxylic acids is 1. The first-order valence-electron chi connectivity index (χ1n) is 4.21. The molecule has 0 saturated carbocycles. The quantitative estimate of drug-likeness (QED) is 0.421. The summed E-state index contributed by atoms with van der Waals surface area (Å²) >= 11 is 0. The van der Waals surface area contributed by atoms with Gasteiger partial charge in [-0.2, -0.15) is 0 Å². The Kier molecular flexibility index (Phi) is 3.22. The third-order valence-corrected chi connectivity index (χ3v) is 1.66. The van der Waals surface area contributed by atoms with E-state index in [1.54, 1.807) is 6.92 Å². The fourth-order valence-corrected chi connectivity index (χ4v) is 0.994. The van der Waals surface area contributed by atoms with Gasteiger partial charge in [-0.3, -0.25) is 5.21 Å². The monoisotopic (exact) mass is 212 g/mol. The fourth-order valence-electron chi connectivity index (χ4n) is 0.994. The minimum absolute atomic E-state index is 0.0874. The molecule has 0 amide bonds. The molecule has 0 aliphatic carbocycles. The number of carboxylic acid groups (broad SMARTS) is 1. The smallest absolute Gasteiger partial charge is 0.406 e. The van der Waals surface area contributed by atoms with Gasteiger partial charge >= 0.3 is 17.6 Å². The molecule has 6 nitrogen and oxygen atoms in total. The van der Waals surface area contributed by atoms with Crippen molar-refractivity contribution in [3.8, 4) is 0 Å². The summed E-state index contributed by atoms with van der Waals surface area (Å²) < 4.78 is 5.04. The minimum Gasteiger partial charge on any atom is -0.473 e. The van der Waals surface area contributed by atoms with Crippen LogP contribution in [0.4, 0.5) is 0 Å². The molecule has 0 unspecified atom stereocenters. The Morgan fingerprint density at radius 2 is 2.13 bits per heavy atom. The Morgan fingerprint density at radius 3 is 2.60 bits per heavy atom. The van der Waals surface area contributed by atoms with Crippen molar-refractivity contribution < 1.29 is 29.4 Å². The second-order valence-corrected chi connectivity index (χ2v) is 2.67. The highest BCUT2D eigenvalue weighted by Crippen LogP contribution is 2.00. The molecule has 0 aromatic carbocycles. The second kappa shape index (κ2) is 4.41. The zero-order valence-electron chi connectivity index (χ0n) is 8.01. The van der Waals surface area contributed by atoms with Gasteiger partial charge in [0.2, 0.25) is 6.20 Å². The highest BCUT2D eigenvalue weighted by molar-refractivity contribution is 5.89. The molecule has 0 saturated heterocycles. The van der Waals surface area contributed by atoms with Gasteiger partial charge in [-0.25, -0.2) is 9.59 Å². The van der Waals surface area contributed by atoms with Gasteiger partial charge < -0.3 is 9.84 Å². The molecule has 15 heavy (non-hydrogen) atoms. The van der Waals surface area contributed by atoms with Crippen LogP contribution in [-0.4, -0.2) is 28.9 Å². The minimum atomic E-state index is -1.28. The predicted molar refractivity (Wildman–Crippen MR) is 46.7 cm³/mol. The lowest BCUT2D eigenvalue weighted by Gasteiger charge is -1.99. The lowest BCUT2D eigenvalue weighted by atomic mass is 10.2. The summed E-state index contributed by atoms with van der Waals surface area (Å²) in [7, 11) is 0. The normalized spacial score (nSPS) is 9.67. The number of pyridine rings is 1. The van der Waals surface area contributed by atoms with E-state index in [4.69, 9.17) is 5.11 Å². The van der Waals surface area contributed by atoms with E-state index in [1.165, 1.54) is 6.07 Å². The van der Waals surface area contributed by atoms with Crippen LogP contribution in [0.1, 0.15) is 27.8 Å². The number of ether oxygens (including phenoxy) is 1. The maximum absolute atomic E-state index is 11.2. The number of nitrogens with zero attached hydrogens (tertiary/aromatic N) is 1. The summed E-state index contributed by atoms with van der Waals surface area (Å²) in [6, 6.07) is 2.39.